The highest BCUT2D eigenvalue weighted by Crippen LogP contribution is 2.37. The lowest BCUT2D eigenvalue weighted by Crippen LogP contribution is -2.42. The molecule has 0 aliphatic carbocycles. The highest BCUT2D eigenvalue weighted by molar-refractivity contribution is 5.97. The lowest BCUT2D eigenvalue weighted by Gasteiger charge is -2.40. The molecule has 0 spiro atoms. The minimum atomic E-state index is -0.306. The summed E-state index contributed by atoms with van der Waals surface area (Å²) in [6.07, 6.45) is 3.92. The molecule has 0 saturated heterocycles. The van der Waals surface area contributed by atoms with Crippen molar-refractivity contribution in [2.45, 2.75) is 26.3 Å². The quantitative estimate of drug-likeness (QED) is 0.657. The lowest BCUT2D eigenvalue weighted by molar-refractivity contribution is 0.0952. The van der Waals surface area contributed by atoms with Gasteiger partial charge in [-0.15, -0.1) is 0 Å². The minimum Gasteiger partial charge on any atom is -0.496 e. The highest BCUT2D eigenvalue weighted by Gasteiger charge is 2.28. The van der Waals surface area contributed by atoms with Gasteiger partial charge >= 0.3 is 0 Å². The zero-order chi connectivity index (χ0) is 19.6. The van der Waals surface area contributed by atoms with Crippen LogP contribution in [0.15, 0.2) is 53.6 Å². The first kappa shape index (κ1) is 18.7. The number of rotatable bonds is 4. The average Bonchev–Trinajstić information content (AvgIpc) is 2.65. The number of carbonyl (C=O) groups is 1. The molecule has 1 aliphatic rings. The molecule has 1 amide bonds. The van der Waals surface area contributed by atoms with Gasteiger partial charge in [-0.2, -0.15) is 5.10 Å². The molecule has 3 rings (SSSR count). The largest absolute Gasteiger partial charge is 0.496 e. The number of benzene rings is 2. The minimum absolute atomic E-state index is 0.0184. The topological polar surface area (TPSA) is 53.9 Å². The standard InChI is InChI=1S/C22H25N3O2/c1-15-13-22(2,3)25(4)19-11-10-16(12-18(15)19)14-23-24-21(26)17-8-6-7-9-20(17)27-5/h6-14H,1-5H3,(H,24,26)/b23-14+. The van der Waals surface area contributed by atoms with Crippen molar-refractivity contribution in [3.63, 3.8) is 0 Å². The number of carbonyl (C=O) groups excluding carboxylic acids is 1. The Morgan fingerprint density at radius 2 is 1.96 bits per heavy atom. The molecule has 0 atom stereocenters. The fourth-order valence-corrected chi connectivity index (χ4v) is 3.32. The van der Waals surface area contributed by atoms with Crippen molar-refractivity contribution in [1.29, 1.82) is 0 Å². The van der Waals surface area contributed by atoms with E-state index in [0.717, 1.165) is 5.56 Å². The molecule has 5 heteroatoms. The predicted octanol–water partition coefficient (Wildman–Crippen LogP) is 4.09. The van der Waals surface area contributed by atoms with Crippen LogP contribution in [-0.4, -0.2) is 31.8 Å². The number of anilines is 1. The molecule has 0 aromatic heterocycles. The molecule has 0 saturated carbocycles. The summed E-state index contributed by atoms with van der Waals surface area (Å²) in [4.78, 5) is 14.6. The number of nitrogens with one attached hydrogen (secondary N) is 1. The Morgan fingerprint density at radius 3 is 2.70 bits per heavy atom. The van der Waals surface area contributed by atoms with Gasteiger partial charge in [-0.3, -0.25) is 4.79 Å². The van der Waals surface area contributed by atoms with Gasteiger partial charge in [-0.1, -0.05) is 24.3 Å². The van der Waals surface area contributed by atoms with Crippen LogP contribution in [0.4, 0.5) is 5.69 Å². The number of hydrazone groups is 1. The molecule has 0 bridgehead atoms. The fraction of sp³-hybridized carbons (Fsp3) is 0.273. The van der Waals surface area contributed by atoms with Crippen molar-refractivity contribution in [3.05, 3.63) is 65.2 Å². The van der Waals surface area contributed by atoms with E-state index in [0.29, 0.717) is 11.3 Å². The maximum absolute atomic E-state index is 12.3. The third-order valence-electron chi connectivity index (χ3n) is 4.97. The van der Waals surface area contributed by atoms with Crippen LogP contribution in [-0.2, 0) is 0 Å². The SMILES string of the molecule is COc1ccccc1C(=O)N/N=C/c1ccc2c(c1)C(C)=CC(C)(C)N2C. The molecule has 0 fully saturated rings. The van der Waals surface area contributed by atoms with Gasteiger partial charge in [0, 0.05) is 18.3 Å². The molecule has 2 aromatic rings. The van der Waals surface area contributed by atoms with E-state index in [-0.39, 0.29) is 11.4 Å². The molecular formula is C22H25N3O2. The second-order valence-corrected chi connectivity index (χ2v) is 7.22. The Morgan fingerprint density at radius 1 is 1.22 bits per heavy atom. The second kappa shape index (κ2) is 7.27. The summed E-state index contributed by atoms with van der Waals surface area (Å²) in [5, 5.41) is 4.10. The first-order chi connectivity index (χ1) is 12.8. The molecule has 1 heterocycles. The number of amides is 1. The Hall–Kier alpha value is -3.08. The van der Waals surface area contributed by atoms with Crippen molar-refractivity contribution < 1.29 is 9.53 Å². The first-order valence-electron chi connectivity index (χ1n) is 8.87. The number of para-hydroxylation sites is 1. The van der Waals surface area contributed by atoms with Crippen molar-refractivity contribution in [3.8, 4) is 5.75 Å². The summed E-state index contributed by atoms with van der Waals surface area (Å²) in [5.74, 6) is 0.213. The molecule has 0 radical (unpaired) electrons. The molecule has 1 aliphatic heterocycles. The highest BCUT2D eigenvalue weighted by atomic mass is 16.5. The Balaban J connectivity index is 1.78. The third kappa shape index (κ3) is 3.72. The molecule has 1 N–H and O–H groups in total. The van der Waals surface area contributed by atoms with Crippen LogP contribution in [0.5, 0.6) is 5.75 Å². The van der Waals surface area contributed by atoms with Crippen molar-refractivity contribution >= 4 is 23.4 Å². The van der Waals surface area contributed by atoms with Crippen molar-refractivity contribution in [2.24, 2.45) is 5.10 Å². The summed E-state index contributed by atoms with van der Waals surface area (Å²) in [6.45, 7) is 6.52. The maximum atomic E-state index is 12.3. The van der Waals surface area contributed by atoms with Crippen LogP contribution in [0.25, 0.3) is 5.57 Å². The smallest absolute Gasteiger partial charge is 0.275 e. The van der Waals surface area contributed by atoms with E-state index in [4.69, 9.17) is 4.74 Å². The van der Waals surface area contributed by atoms with Gasteiger partial charge in [0.15, 0.2) is 0 Å². The molecule has 0 unspecified atom stereocenters. The predicted molar refractivity (Wildman–Crippen MR) is 111 cm³/mol. The number of methoxy groups -OCH3 is 1. The Labute approximate surface area is 160 Å². The summed E-state index contributed by atoms with van der Waals surface area (Å²) < 4.78 is 5.21. The maximum Gasteiger partial charge on any atom is 0.275 e. The molecular weight excluding hydrogens is 338 g/mol. The fourth-order valence-electron chi connectivity index (χ4n) is 3.32. The summed E-state index contributed by atoms with van der Waals surface area (Å²) in [6, 6.07) is 13.2. The monoisotopic (exact) mass is 363 g/mol. The van der Waals surface area contributed by atoms with E-state index in [9.17, 15) is 4.79 Å². The number of allylic oxidation sites excluding steroid dienone is 1. The van der Waals surface area contributed by atoms with Gasteiger partial charge in [-0.25, -0.2) is 5.43 Å². The van der Waals surface area contributed by atoms with E-state index in [1.807, 2.05) is 12.1 Å². The normalized spacial score (nSPS) is 15.3. The Kier molecular flexibility index (Phi) is 5.04. The molecule has 140 valence electrons. The number of hydrogen-bond donors (Lipinski definition) is 1. The Bertz CT molecular complexity index is 929. The zero-order valence-corrected chi connectivity index (χ0v) is 16.4. The summed E-state index contributed by atoms with van der Waals surface area (Å²) >= 11 is 0. The zero-order valence-electron chi connectivity index (χ0n) is 16.4. The van der Waals surface area contributed by atoms with Crippen LogP contribution in [0.1, 0.15) is 42.3 Å². The number of ether oxygens (including phenoxy) is 1. The molecule has 5 nitrogen and oxygen atoms in total. The number of fused-ring (bicyclic) bond motifs is 1. The van der Waals surface area contributed by atoms with Crippen LogP contribution in [0, 0.1) is 0 Å². The van der Waals surface area contributed by atoms with Crippen molar-refractivity contribution in [1.82, 2.24) is 5.43 Å². The van der Waals surface area contributed by atoms with E-state index in [2.05, 4.69) is 61.5 Å². The van der Waals surface area contributed by atoms with Crippen LogP contribution >= 0.6 is 0 Å². The summed E-state index contributed by atoms with van der Waals surface area (Å²) in [5.41, 5.74) is 7.52. The summed E-state index contributed by atoms with van der Waals surface area (Å²) in [7, 11) is 3.64. The number of hydrogen-bond acceptors (Lipinski definition) is 4. The second-order valence-electron chi connectivity index (χ2n) is 7.22. The number of nitrogens with zero attached hydrogens (tertiary/aromatic N) is 2. The van der Waals surface area contributed by atoms with E-state index in [1.54, 1.807) is 24.4 Å². The molecule has 2 aromatic carbocycles. The average molecular weight is 363 g/mol. The van der Waals surface area contributed by atoms with Crippen molar-refractivity contribution in [2.75, 3.05) is 19.1 Å². The molecule has 27 heavy (non-hydrogen) atoms. The van der Waals surface area contributed by atoms with Gasteiger partial charge in [0.1, 0.15) is 5.75 Å². The van der Waals surface area contributed by atoms with Gasteiger partial charge in [-0.05, 0) is 56.2 Å². The van der Waals surface area contributed by atoms with Crippen LogP contribution in [0.3, 0.4) is 0 Å². The third-order valence-corrected chi connectivity index (χ3v) is 4.97. The van der Waals surface area contributed by atoms with Gasteiger partial charge in [0.05, 0.1) is 24.4 Å². The van der Waals surface area contributed by atoms with Gasteiger partial charge < -0.3 is 9.64 Å². The van der Waals surface area contributed by atoms with Crippen LogP contribution < -0.4 is 15.1 Å². The first-order valence-corrected chi connectivity index (χ1v) is 8.87. The van der Waals surface area contributed by atoms with Gasteiger partial charge in [0.2, 0.25) is 0 Å². The van der Waals surface area contributed by atoms with E-state index >= 15 is 0 Å². The van der Waals surface area contributed by atoms with E-state index < -0.39 is 0 Å². The lowest BCUT2D eigenvalue weighted by atomic mass is 9.89. The number of likely N-dealkylation sites (N-methyl/N-ethyl adjacent to an activating group) is 1. The van der Waals surface area contributed by atoms with E-state index in [1.165, 1.54) is 23.9 Å². The van der Waals surface area contributed by atoms with Crippen LogP contribution in [0.2, 0.25) is 0 Å². The van der Waals surface area contributed by atoms with Gasteiger partial charge in [0.25, 0.3) is 5.91 Å².